The van der Waals surface area contributed by atoms with Gasteiger partial charge in [0.05, 0.1) is 6.61 Å². The molecule has 0 saturated carbocycles. The average molecular weight is 410 g/mol. The Morgan fingerprint density at radius 1 is 1.23 bits per heavy atom. The lowest BCUT2D eigenvalue weighted by Gasteiger charge is -2.25. The Balaban J connectivity index is 1.61. The molecule has 1 fully saturated rings. The van der Waals surface area contributed by atoms with Crippen LogP contribution in [-0.2, 0) is 11.3 Å². The van der Waals surface area contributed by atoms with Gasteiger partial charge in [-0.15, -0.1) is 0 Å². The summed E-state index contributed by atoms with van der Waals surface area (Å²) in [4.78, 5) is 26.1. The van der Waals surface area contributed by atoms with Crippen LogP contribution in [0.4, 0.5) is 14.9 Å². The Kier molecular flexibility index (Phi) is 5.81. The highest BCUT2D eigenvalue weighted by Crippen LogP contribution is 2.34. The van der Waals surface area contributed by atoms with Gasteiger partial charge in [-0.2, -0.15) is 0 Å². The number of nitrogens with one attached hydrogen (secondary N) is 1. The molecule has 1 unspecified atom stereocenters. The van der Waals surface area contributed by atoms with Gasteiger partial charge in [0.25, 0.3) is 0 Å². The van der Waals surface area contributed by atoms with Crippen molar-refractivity contribution in [3.05, 3.63) is 75.9 Å². The highest BCUT2D eigenvalue weighted by molar-refractivity contribution is 5.89. The van der Waals surface area contributed by atoms with Crippen LogP contribution in [0.3, 0.4) is 0 Å². The van der Waals surface area contributed by atoms with E-state index in [1.54, 1.807) is 19.1 Å². The lowest BCUT2D eigenvalue weighted by Crippen LogP contribution is -2.23. The number of nitrogens with zero attached hydrogens (tertiary/aromatic N) is 1. The molecule has 2 heterocycles. The number of anilines is 1. The first-order chi connectivity index (χ1) is 14.5. The molecule has 156 valence electrons. The molecule has 1 N–H and O–H groups in total. The minimum absolute atomic E-state index is 0.178. The third-order valence-corrected chi connectivity index (χ3v) is 5.34. The number of hydrogen-bond donors (Lipinski definition) is 1. The van der Waals surface area contributed by atoms with Crippen LogP contribution in [0.5, 0.6) is 0 Å². The third kappa shape index (κ3) is 4.36. The maximum absolute atomic E-state index is 13.3. The van der Waals surface area contributed by atoms with E-state index in [1.165, 1.54) is 18.2 Å². The predicted molar refractivity (Wildman–Crippen MR) is 112 cm³/mol. The van der Waals surface area contributed by atoms with Crippen LogP contribution in [0.1, 0.15) is 36.9 Å². The summed E-state index contributed by atoms with van der Waals surface area (Å²) in [7, 11) is 0. The Morgan fingerprint density at radius 2 is 2.03 bits per heavy atom. The minimum Gasteiger partial charge on any atom is -0.450 e. The van der Waals surface area contributed by atoms with Crippen molar-refractivity contribution in [3.8, 4) is 0 Å². The first-order valence-electron chi connectivity index (χ1n) is 10.0. The van der Waals surface area contributed by atoms with Gasteiger partial charge in [-0.3, -0.25) is 10.2 Å². The third-order valence-electron chi connectivity index (χ3n) is 5.34. The molecule has 1 aliphatic rings. The van der Waals surface area contributed by atoms with E-state index in [2.05, 4.69) is 10.2 Å². The van der Waals surface area contributed by atoms with E-state index in [4.69, 9.17) is 9.15 Å². The lowest BCUT2D eigenvalue weighted by molar-refractivity contribution is 0.168. The van der Waals surface area contributed by atoms with Gasteiger partial charge in [0, 0.05) is 35.8 Å². The maximum Gasteiger partial charge on any atom is 0.411 e. The Bertz CT molecular complexity index is 1110. The monoisotopic (exact) mass is 410 g/mol. The van der Waals surface area contributed by atoms with Gasteiger partial charge >= 0.3 is 11.7 Å². The zero-order chi connectivity index (χ0) is 21.1. The molecule has 30 heavy (non-hydrogen) atoms. The summed E-state index contributed by atoms with van der Waals surface area (Å²) < 4.78 is 23.5. The maximum atomic E-state index is 13.3. The summed E-state index contributed by atoms with van der Waals surface area (Å²) in [6, 6.07) is 13.5. The van der Waals surface area contributed by atoms with Gasteiger partial charge in [0.15, 0.2) is 0 Å². The second-order valence-electron chi connectivity index (χ2n) is 7.33. The van der Waals surface area contributed by atoms with Crippen molar-refractivity contribution in [2.75, 3.05) is 18.5 Å². The summed E-state index contributed by atoms with van der Waals surface area (Å²) in [6.45, 7) is 3.47. The molecule has 6 nitrogen and oxygen atoms in total. The van der Waals surface area contributed by atoms with Gasteiger partial charge in [-0.1, -0.05) is 12.1 Å². The topological polar surface area (TPSA) is 71.8 Å². The Hall–Kier alpha value is -3.19. The van der Waals surface area contributed by atoms with Crippen LogP contribution in [-0.4, -0.2) is 24.1 Å². The molecule has 1 amide bonds. The van der Waals surface area contributed by atoms with E-state index in [1.807, 2.05) is 18.2 Å². The van der Waals surface area contributed by atoms with Gasteiger partial charge < -0.3 is 9.15 Å². The fraction of sp³-hybridized carbons (Fsp3) is 0.304. The first-order valence-corrected chi connectivity index (χ1v) is 10.0. The molecular weight excluding hydrogens is 387 g/mol. The SMILES string of the molecule is CCOC(=O)Nc1ccc2c(CN3CCCC3c3ccc(F)cc3)cc(=O)oc2c1. The predicted octanol–water partition coefficient (Wildman–Crippen LogP) is 4.84. The number of rotatable bonds is 5. The van der Waals surface area contributed by atoms with Crippen molar-refractivity contribution in [2.24, 2.45) is 0 Å². The molecule has 0 aliphatic carbocycles. The van der Waals surface area contributed by atoms with Crippen molar-refractivity contribution in [2.45, 2.75) is 32.4 Å². The first kappa shape index (κ1) is 20.1. The fourth-order valence-corrected chi connectivity index (χ4v) is 4.02. The van der Waals surface area contributed by atoms with Crippen molar-refractivity contribution < 1.29 is 18.3 Å². The highest BCUT2D eigenvalue weighted by atomic mass is 19.1. The van der Waals surface area contributed by atoms with E-state index in [-0.39, 0.29) is 18.5 Å². The van der Waals surface area contributed by atoms with Crippen LogP contribution in [0.2, 0.25) is 0 Å². The van der Waals surface area contributed by atoms with Crippen molar-refractivity contribution in [1.82, 2.24) is 4.90 Å². The Labute approximate surface area is 173 Å². The molecule has 1 atom stereocenters. The average Bonchev–Trinajstić information content (AvgIpc) is 3.16. The quantitative estimate of drug-likeness (QED) is 0.610. The zero-order valence-electron chi connectivity index (χ0n) is 16.7. The normalized spacial score (nSPS) is 16.7. The van der Waals surface area contributed by atoms with E-state index >= 15 is 0 Å². The molecule has 0 bridgehead atoms. The van der Waals surface area contributed by atoms with Gasteiger partial charge in [-0.25, -0.2) is 14.0 Å². The molecule has 0 spiro atoms. The summed E-state index contributed by atoms with van der Waals surface area (Å²) in [6.07, 6.45) is 1.46. The standard InChI is InChI=1S/C23H23FN2O4/c1-2-29-23(28)25-18-9-10-19-16(12-22(27)30-21(19)13-18)14-26-11-3-4-20(26)15-5-7-17(24)8-6-15/h5-10,12-13,20H,2-4,11,14H2,1H3,(H,25,28). The van der Waals surface area contributed by atoms with Crippen molar-refractivity contribution >= 4 is 22.7 Å². The molecule has 2 aromatic carbocycles. The van der Waals surface area contributed by atoms with Crippen LogP contribution >= 0.6 is 0 Å². The largest absolute Gasteiger partial charge is 0.450 e. The number of halogens is 1. The number of carbonyl (C=O) groups is 1. The van der Waals surface area contributed by atoms with E-state index in [9.17, 15) is 14.0 Å². The molecule has 1 aliphatic heterocycles. The number of benzene rings is 2. The van der Waals surface area contributed by atoms with E-state index in [0.717, 1.165) is 35.9 Å². The fourth-order valence-electron chi connectivity index (χ4n) is 4.02. The summed E-state index contributed by atoms with van der Waals surface area (Å²) >= 11 is 0. The van der Waals surface area contributed by atoms with Crippen LogP contribution < -0.4 is 10.9 Å². The second kappa shape index (κ2) is 8.67. The van der Waals surface area contributed by atoms with Crippen LogP contribution in [0.25, 0.3) is 11.0 Å². The summed E-state index contributed by atoms with van der Waals surface area (Å²) in [5.41, 5.74) is 2.39. The molecular formula is C23H23FN2O4. The molecule has 0 radical (unpaired) electrons. The molecule has 3 aromatic rings. The molecule has 7 heteroatoms. The number of ether oxygens (including phenoxy) is 1. The van der Waals surface area contributed by atoms with Gasteiger partial charge in [0.2, 0.25) is 0 Å². The number of hydrogen-bond acceptors (Lipinski definition) is 5. The van der Waals surface area contributed by atoms with E-state index in [0.29, 0.717) is 17.8 Å². The number of carbonyl (C=O) groups excluding carboxylic acids is 1. The van der Waals surface area contributed by atoms with Gasteiger partial charge in [0.1, 0.15) is 11.4 Å². The summed E-state index contributed by atoms with van der Waals surface area (Å²) in [5, 5.41) is 3.43. The smallest absolute Gasteiger partial charge is 0.411 e. The van der Waals surface area contributed by atoms with Crippen LogP contribution in [0, 0.1) is 5.82 Å². The Morgan fingerprint density at radius 3 is 2.80 bits per heavy atom. The molecule has 1 saturated heterocycles. The van der Waals surface area contributed by atoms with Crippen molar-refractivity contribution in [1.29, 1.82) is 0 Å². The van der Waals surface area contributed by atoms with Crippen LogP contribution in [0.15, 0.2) is 57.7 Å². The molecule has 1 aromatic heterocycles. The van der Waals surface area contributed by atoms with Gasteiger partial charge in [-0.05, 0) is 61.7 Å². The minimum atomic E-state index is -0.561. The number of fused-ring (bicyclic) bond motifs is 1. The lowest BCUT2D eigenvalue weighted by atomic mass is 10.0. The number of likely N-dealkylation sites (tertiary alicyclic amines) is 1. The summed E-state index contributed by atoms with van der Waals surface area (Å²) in [5.74, 6) is -0.248. The highest BCUT2D eigenvalue weighted by Gasteiger charge is 2.26. The second-order valence-corrected chi connectivity index (χ2v) is 7.33. The zero-order valence-corrected chi connectivity index (χ0v) is 16.7. The molecule has 4 rings (SSSR count). The van der Waals surface area contributed by atoms with Crippen molar-refractivity contribution in [3.63, 3.8) is 0 Å². The van der Waals surface area contributed by atoms with E-state index < -0.39 is 11.7 Å². The number of amides is 1.